The van der Waals surface area contributed by atoms with Crippen molar-refractivity contribution < 1.29 is 14.7 Å². The fraction of sp³-hybridized carbons (Fsp3) is 0.474. The summed E-state index contributed by atoms with van der Waals surface area (Å²) >= 11 is 0. The van der Waals surface area contributed by atoms with E-state index in [1.807, 2.05) is 32.0 Å². The highest BCUT2D eigenvalue weighted by atomic mass is 16.4. The molecule has 1 amide bonds. The molecule has 1 fully saturated rings. The Labute approximate surface area is 152 Å². The molecule has 7 nitrogen and oxygen atoms in total. The number of amides is 1. The van der Waals surface area contributed by atoms with Gasteiger partial charge in [0, 0.05) is 32.3 Å². The van der Waals surface area contributed by atoms with Crippen LogP contribution in [0.5, 0.6) is 0 Å². The molecule has 0 radical (unpaired) electrons. The normalized spacial score (nSPS) is 19.7. The second-order valence-corrected chi connectivity index (χ2v) is 7.19. The number of benzene rings is 1. The van der Waals surface area contributed by atoms with E-state index in [4.69, 9.17) is 0 Å². The highest BCUT2D eigenvalue weighted by Crippen LogP contribution is 2.34. The number of aromatic nitrogens is 3. The van der Waals surface area contributed by atoms with Crippen molar-refractivity contribution in [2.45, 2.75) is 32.6 Å². The van der Waals surface area contributed by atoms with E-state index in [9.17, 15) is 14.7 Å². The van der Waals surface area contributed by atoms with E-state index in [0.717, 1.165) is 22.4 Å². The number of hydrogen-bond acceptors (Lipinski definition) is 4. The molecule has 2 aromatic rings. The number of carboxylic acids is 1. The Hall–Kier alpha value is -2.70. The minimum Gasteiger partial charge on any atom is -0.481 e. The standard InChI is InChI=1S/C19H24N4O3/c1-12-4-5-13(2)14(6-12)7-18(24)23-9-15(8-19(25)26)16(10-23)17-11-22(3)21-20-17/h4-6,11,15-16H,7-10H2,1-3H3,(H,25,26)/t15-,16+/m0/s1. The van der Waals surface area contributed by atoms with Crippen LogP contribution >= 0.6 is 0 Å². The molecule has 1 aromatic carbocycles. The van der Waals surface area contributed by atoms with Gasteiger partial charge >= 0.3 is 5.97 Å². The number of aliphatic carboxylic acids is 1. The number of carboxylic acid groups (broad SMARTS) is 1. The first-order valence-electron chi connectivity index (χ1n) is 8.75. The van der Waals surface area contributed by atoms with Gasteiger partial charge in [-0.15, -0.1) is 5.10 Å². The van der Waals surface area contributed by atoms with Crippen LogP contribution in [0.2, 0.25) is 0 Å². The number of nitrogens with zero attached hydrogens (tertiary/aromatic N) is 4. The number of carbonyl (C=O) groups is 2. The zero-order valence-corrected chi connectivity index (χ0v) is 15.3. The highest BCUT2D eigenvalue weighted by Gasteiger charge is 2.38. The summed E-state index contributed by atoms with van der Waals surface area (Å²) < 4.78 is 1.60. The molecule has 1 aliphatic heterocycles. The second-order valence-electron chi connectivity index (χ2n) is 7.19. The first-order chi connectivity index (χ1) is 12.3. The van der Waals surface area contributed by atoms with Gasteiger partial charge in [-0.2, -0.15) is 0 Å². The van der Waals surface area contributed by atoms with Crippen LogP contribution in [-0.2, 0) is 23.1 Å². The lowest BCUT2D eigenvalue weighted by molar-refractivity contribution is -0.138. The average Bonchev–Trinajstić information content (AvgIpc) is 3.16. The Morgan fingerprint density at radius 3 is 2.69 bits per heavy atom. The van der Waals surface area contributed by atoms with Gasteiger partial charge in [0.1, 0.15) is 0 Å². The monoisotopic (exact) mass is 356 g/mol. The molecular formula is C19H24N4O3. The van der Waals surface area contributed by atoms with Gasteiger partial charge in [-0.05, 0) is 30.9 Å². The third-order valence-electron chi connectivity index (χ3n) is 5.08. The molecule has 0 aliphatic carbocycles. The fourth-order valence-corrected chi connectivity index (χ4v) is 3.64. The maximum absolute atomic E-state index is 12.8. The molecule has 0 saturated carbocycles. The van der Waals surface area contributed by atoms with Crippen LogP contribution < -0.4 is 0 Å². The maximum atomic E-state index is 12.8. The van der Waals surface area contributed by atoms with Crippen molar-refractivity contribution in [1.82, 2.24) is 19.9 Å². The fourth-order valence-electron chi connectivity index (χ4n) is 3.64. The molecule has 0 spiro atoms. The summed E-state index contributed by atoms with van der Waals surface area (Å²) in [6, 6.07) is 6.10. The molecular weight excluding hydrogens is 332 g/mol. The van der Waals surface area contributed by atoms with Crippen molar-refractivity contribution in [1.29, 1.82) is 0 Å². The predicted molar refractivity (Wildman–Crippen MR) is 95.7 cm³/mol. The Bertz CT molecular complexity index is 830. The van der Waals surface area contributed by atoms with Gasteiger partial charge in [0.15, 0.2) is 0 Å². The molecule has 2 heterocycles. The van der Waals surface area contributed by atoms with Gasteiger partial charge in [0.25, 0.3) is 0 Å². The number of rotatable bonds is 5. The summed E-state index contributed by atoms with van der Waals surface area (Å²) in [6.45, 7) is 4.94. The van der Waals surface area contributed by atoms with E-state index in [-0.39, 0.29) is 24.2 Å². The van der Waals surface area contributed by atoms with Crippen LogP contribution in [0, 0.1) is 19.8 Å². The molecule has 26 heavy (non-hydrogen) atoms. The van der Waals surface area contributed by atoms with Gasteiger partial charge < -0.3 is 10.0 Å². The molecule has 1 saturated heterocycles. The van der Waals surface area contributed by atoms with E-state index < -0.39 is 5.97 Å². The Morgan fingerprint density at radius 1 is 1.27 bits per heavy atom. The summed E-state index contributed by atoms with van der Waals surface area (Å²) in [4.78, 5) is 25.8. The van der Waals surface area contributed by atoms with Crippen molar-refractivity contribution in [3.63, 3.8) is 0 Å². The van der Waals surface area contributed by atoms with Gasteiger partial charge in [0.05, 0.1) is 18.5 Å². The Balaban J connectivity index is 1.76. The minimum absolute atomic E-state index is 0.0223. The van der Waals surface area contributed by atoms with E-state index >= 15 is 0 Å². The van der Waals surface area contributed by atoms with Crippen molar-refractivity contribution >= 4 is 11.9 Å². The first kappa shape index (κ1) is 18.1. The van der Waals surface area contributed by atoms with Gasteiger partial charge in [-0.25, -0.2) is 0 Å². The number of hydrogen-bond donors (Lipinski definition) is 1. The van der Waals surface area contributed by atoms with Crippen LogP contribution in [0.25, 0.3) is 0 Å². The van der Waals surface area contributed by atoms with Crippen LogP contribution in [0.1, 0.15) is 34.7 Å². The van der Waals surface area contributed by atoms with Crippen molar-refractivity contribution in [2.24, 2.45) is 13.0 Å². The summed E-state index contributed by atoms with van der Waals surface area (Å²) in [5.41, 5.74) is 3.99. The van der Waals surface area contributed by atoms with E-state index in [1.165, 1.54) is 0 Å². The molecule has 2 atom stereocenters. The van der Waals surface area contributed by atoms with E-state index in [1.54, 1.807) is 22.8 Å². The van der Waals surface area contributed by atoms with Crippen molar-refractivity contribution in [2.75, 3.05) is 13.1 Å². The second kappa shape index (κ2) is 7.27. The lowest BCUT2D eigenvalue weighted by atomic mass is 9.91. The van der Waals surface area contributed by atoms with Crippen LogP contribution in [-0.4, -0.2) is 50.0 Å². The molecule has 3 rings (SSSR count). The molecule has 1 aliphatic rings. The lowest BCUT2D eigenvalue weighted by Crippen LogP contribution is -2.30. The summed E-state index contributed by atoms with van der Waals surface area (Å²) in [5.74, 6) is -1.07. The highest BCUT2D eigenvalue weighted by molar-refractivity contribution is 5.80. The molecule has 0 bridgehead atoms. The summed E-state index contributed by atoms with van der Waals surface area (Å²) in [5, 5.41) is 17.3. The molecule has 0 unspecified atom stereocenters. The van der Waals surface area contributed by atoms with Crippen molar-refractivity contribution in [3.8, 4) is 0 Å². The first-order valence-corrected chi connectivity index (χ1v) is 8.75. The summed E-state index contributed by atoms with van der Waals surface area (Å²) in [6.07, 6.45) is 2.16. The average molecular weight is 356 g/mol. The zero-order chi connectivity index (χ0) is 18.8. The SMILES string of the molecule is Cc1ccc(C)c(CC(=O)N2C[C@H](CC(=O)O)[C@H](c3cn(C)nn3)C2)c1. The summed E-state index contributed by atoms with van der Waals surface area (Å²) in [7, 11) is 1.78. The van der Waals surface area contributed by atoms with Crippen molar-refractivity contribution in [3.05, 3.63) is 46.8 Å². The molecule has 138 valence electrons. The smallest absolute Gasteiger partial charge is 0.303 e. The minimum atomic E-state index is -0.854. The van der Waals surface area contributed by atoms with Gasteiger partial charge in [-0.1, -0.05) is 29.0 Å². The Kier molecular flexibility index (Phi) is 5.06. The Morgan fingerprint density at radius 2 is 2.04 bits per heavy atom. The third-order valence-corrected chi connectivity index (χ3v) is 5.08. The van der Waals surface area contributed by atoms with Crippen LogP contribution in [0.15, 0.2) is 24.4 Å². The van der Waals surface area contributed by atoms with E-state index in [0.29, 0.717) is 19.5 Å². The number of aryl methyl sites for hydroxylation is 3. The molecule has 1 N–H and O–H groups in total. The van der Waals surface area contributed by atoms with E-state index in [2.05, 4.69) is 10.3 Å². The number of likely N-dealkylation sites (tertiary alicyclic amines) is 1. The van der Waals surface area contributed by atoms with Gasteiger partial charge in [0.2, 0.25) is 5.91 Å². The topological polar surface area (TPSA) is 88.3 Å². The van der Waals surface area contributed by atoms with Gasteiger partial charge in [-0.3, -0.25) is 14.3 Å². The maximum Gasteiger partial charge on any atom is 0.303 e. The van der Waals surface area contributed by atoms with Crippen LogP contribution in [0.3, 0.4) is 0 Å². The quantitative estimate of drug-likeness (QED) is 0.881. The predicted octanol–water partition coefficient (Wildman–Crippen LogP) is 1.69. The third kappa shape index (κ3) is 3.92. The number of carbonyl (C=O) groups excluding carboxylic acids is 1. The molecule has 7 heteroatoms. The molecule has 1 aromatic heterocycles. The largest absolute Gasteiger partial charge is 0.481 e. The van der Waals surface area contributed by atoms with Crippen LogP contribution in [0.4, 0.5) is 0 Å². The lowest BCUT2D eigenvalue weighted by Gasteiger charge is -2.17. The zero-order valence-electron chi connectivity index (χ0n) is 15.3.